The van der Waals surface area contributed by atoms with Crippen molar-refractivity contribution in [2.45, 2.75) is 18.8 Å². The summed E-state index contributed by atoms with van der Waals surface area (Å²) < 4.78 is 39.3. The van der Waals surface area contributed by atoms with Crippen LogP contribution in [0.5, 0.6) is 5.75 Å². The molecule has 1 rings (SSSR count). The molecule has 0 aliphatic heterocycles. The number of nitrogens with two attached hydrogens (primary N) is 1. The third kappa shape index (κ3) is 4.72. The monoisotopic (exact) mass is 253 g/mol. The molecular formula is C10H11ClF3NO. The highest BCUT2D eigenvalue weighted by Crippen LogP contribution is 2.22. The summed E-state index contributed by atoms with van der Waals surface area (Å²) in [5, 5.41) is 0. The van der Waals surface area contributed by atoms with Gasteiger partial charge in [-0.1, -0.05) is 12.1 Å². The minimum Gasteiger partial charge on any atom is -0.406 e. The van der Waals surface area contributed by atoms with Crippen molar-refractivity contribution in [3.8, 4) is 5.75 Å². The van der Waals surface area contributed by atoms with Crippen molar-refractivity contribution in [2.24, 2.45) is 5.73 Å². The first-order chi connectivity index (χ1) is 7.40. The van der Waals surface area contributed by atoms with Gasteiger partial charge < -0.3 is 10.5 Å². The Labute approximate surface area is 96.1 Å². The van der Waals surface area contributed by atoms with Crippen LogP contribution in [0, 0.1) is 0 Å². The van der Waals surface area contributed by atoms with Crippen LogP contribution in [0.15, 0.2) is 24.3 Å². The zero-order chi connectivity index (χ0) is 12.2. The van der Waals surface area contributed by atoms with Crippen molar-refractivity contribution < 1.29 is 17.9 Å². The summed E-state index contributed by atoms with van der Waals surface area (Å²) in [6, 6.07) is 5.38. The Hall–Kier alpha value is -0.940. The maximum absolute atomic E-state index is 11.8. The molecule has 1 atom stereocenters. The van der Waals surface area contributed by atoms with Crippen LogP contribution in [-0.4, -0.2) is 18.3 Å². The lowest BCUT2D eigenvalue weighted by Crippen LogP contribution is -2.24. The van der Waals surface area contributed by atoms with Crippen molar-refractivity contribution >= 4 is 11.6 Å². The topological polar surface area (TPSA) is 35.2 Å². The smallest absolute Gasteiger partial charge is 0.406 e. The van der Waals surface area contributed by atoms with Crippen molar-refractivity contribution in [1.82, 2.24) is 0 Å². The van der Waals surface area contributed by atoms with E-state index in [1.807, 2.05) is 0 Å². The van der Waals surface area contributed by atoms with Crippen LogP contribution in [0.1, 0.15) is 5.56 Å². The van der Waals surface area contributed by atoms with E-state index in [4.69, 9.17) is 17.3 Å². The van der Waals surface area contributed by atoms with E-state index in [1.165, 1.54) is 24.3 Å². The molecule has 0 heterocycles. The fourth-order valence-corrected chi connectivity index (χ4v) is 1.29. The first-order valence-electron chi connectivity index (χ1n) is 4.57. The lowest BCUT2D eigenvalue weighted by atomic mass is 10.1. The molecule has 6 heteroatoms. The molecule has 0 saturated heterocycles. The van der Waals surface area contributed by atoms with Gasteiger partial charge in [-0.05, 0) is 24.1 Å². The molecule has 0 aliphatic rings. The minimum absolute atomic E-state index is 0.198. The number of hydrogen-bond acceptors (Lipinski definition) is 2. The average molecular weight is 254 g/mol. The number of halogens is 4. The third-order valence-electron chi connectivity index (χ3n) is 1.85. The Balaban J connectivity index is 2.61. The summed E-state index contributed by atoms with van der Waals surface area (Å²) in [7, 11) is 0. The van der Waals surface area contributed by atoms with E-state index >= 15 is 0 Å². The lowest BCUT2D eigenvalue weighted by molar-refractivity contribution is -0.274. The Morgan fingerprint density at radius 1 is 1.25 bits per heavy atom. The molecular weight excluding hydrogens is 243 g/mol. The van der Waals surface area contributed by atoms with E-state index in [0.717, 1.165) is 5.56 Å². The third-order valence-corrected chi connectivity index (χ3v) is 2.25. The summed E-state index contributed by atoms with van der Waals surface area (Å²) in [4.78, 5) is 0. The highest BCUT2D eigenvalue weighted by Gasteiger charge is 2.30. The Kier molecular flexibility index (Phi) is 4.44. The lowest BCUT2D eigenvalue weighted by Gasteiger charge is -2.10. The van der Waals surface area contributed by atoms with Crippen molar-refractivity contribution in [3.05, 3.63) is 29.8 Å². The maximum Gasteiger partial charge on any atom is 0.573 e. The SMILES string of the molecule is NC(CCl)Cc1ccc(OC(F)(F)F)cc1. The quantitative estimate of drug-likeness (QED) is 0.838. The molecule has 1 aromatic carbocycles. The second-order valence-electron chi connectivity index (χ2n) is 3.31. The fraction of sp³-hybridized carbons (Fsp3) is 0.400. The van der Waals surface area contributed by atoms with Crippen molar-refractivity contribution in [3.63, 3.8) is 0 Å². The molecule has 0 bridgehead atoms. The first kappa shape index (κ1) is 13.1. The summed E-state index contributed by atoms with van der Waals surface area (Å²) >= 11 is 5.52. The number of alkyl halides is 4. The molecule has 0 spiro atoms. The maximum atomic E-state index is 11.8. The fourth-order valence-electron chi connectivity index (χ4n) is 1.18. The zero-order valence-corrected chi connectivity index (χ0v) is 9.05. The van der Waals surface area contributed by atoms with E-state index in [0.29, 0.717) is 12.3 Å². The predicted molar refractivity (Wildman–Crippen MR) is 55.5 cm³/mol. The molecule has 16 heavy (non-hydrogen) atoms. The van der Waals surface area contributed by atoms with E-state index in [-0.39, 0.29) is 11.8 Å². The molecule has 90 valence electrons. The van der Waals surface area contributed by atoms with E-state index in [2.05, 4.69) is 4.74 Å². The van der Waals surface area contributed by atoms with Crippen molar-refractivity contribution in [2.75, 3.05) is 5.88 Å². The van der Waals surface area contributed by atoms with Crippen LogP contribution in [0.3, 0.4) is 0 Å². The van der Waals surface area contributed by atoms with E-state index in [9.17, 15) is 13.2 Å². The normalized spacial score (nSPS) is 13.6. The number of benzene rings is 1. The highest BCUT2D eigenvalue weighted by atomic mass is 35.5. The molecule has 0 radical (unpaired) electrons. The van der Waals surface area contributed by atoms with Gasteiger partial charge in [0.05, 0.1) is 0 Å². The van der Waals surface area contributed by atoms with Gasteiger partial charge in [0.2, 0.25) is 0 Å². The summed E-state index contributed by atoms with van der Waals surface area (Å²) in [6.45, 7) is 0. The molecule has 0 fully saturated rings. The van der Waals surface area contributed by atoms with Crippen LogP contribution in [0.2, 0.25) is 0 Å². The standard InChI is InChI=1S/C10H11ClF3NO/c11-6-8(15)5-7-1-3-9(4-2-7)16-10(12,13)14/h1-4,8H,5-6,15H2. The zero-order valence-electron chi connectivity index (χ0n) is 8.30. The van der Waals surface area contributed by atoms with Crippen LogP contribution in [-0.2, 0) is 6.42 Å². The Morgan fingerprint density at radius 2 is 1.81 bits per heavy atom. The van der Waals surface area contributed by atoms with Gasteiger partial charge in [-0.2, -0.15) is 0 Å². The van der Waals surface area contributed by atoms with Gasteiger partial charge in [0.15, 0.2) is 0 Å². The molecule has 0 saturated carbocycles. The van der Waals surface area contributed by atoms with E-state index < -0.39 is 6.36 Å². The summed E-state index contributed by atoms with van der Waals surface area (Å²) in [5.41, 5.74) is 6.42. The van der Waals surface area contributed by atoms with Gasteiger partial charge in [-0.15, -0.1) is 24.8 Å². The Bertz CT molecular complexity index is 326. The number of rotatable bonds is 4. The second kappa shape index (κ2) is 5.41. The summed E-state index contributed by atoms with van der Waals surface area (Å²) in [6.07, 6.45) is -4.14. The van der Waals surface area contributed by atoms with Crippen molar-refractivity contribution in [1.29, 1.82) is 0 Å². The molecule has 2 N–H and O–H groups in total. The molecule has 0 amide bonds. The minimum atomic E-state index is -4.66. The predicted octanol–water partition coefficient (Wildman–Crippen LogP) is 2.69. The largest absolute Gasteiger partial charge is 0.573 e. The summed E-state index contributed by atoms with van der Waals surface area (Å²) in [5.74, 6) is 0.0663. The highest BCUT2D eigenvalue weighted by molar-refractivity contribution is 6.18. The molecule has 2 nitrogen and oxygen atoms in total. The van der Waals surface area contributed by atoms with Crippen LogP contribution in [0.4, 0.5) is 13.2 Å². The van der Waals surface area contributed by atoms with Gasteiger partial charge in [0.25, 0.3) is 0 Å². The molecule has 0 aromatic heterocycles. The van der Waals surface area contributed by atoms with Gasteiger partial charge in [0, 0.05) is 11.9 Å². The molecule has 1 aromatic rings. The van der Waals surface area contributed by atoms with Crippen LogP contribution < -0.4 is 10.5 Å². The van der Waals surface area contributed by atoms with E-state index in [1.54, 1.807) is 0 Å². The van der Waals surface area contributed by atoms with Gasteiger partial charge in [0.1, 0.15) is 5.75 Å². The second-order valence-corrected chi connectivity index (χ2v) is 3.62. The van der Waals surface area contributed by atoms with Crippen LogP contribution in [0.25, 0.3) is 0 Å². The van der Waals surface area contributed by atoms with Gasteiger partial charge >= 0.3 is 6.36 Å². The van der Waals surface area contributed by atoms with Gasteiger partial charge in [-0.3, -0.25) is 0 Å². The van der Waals surface area contributed by atoms with Gasteiger partial charge in [-0.25, -0.2) is 0 Å². The average Bonchev–Trinajstić information content (AvgIpc) is 2.18. The molecule has 0 aliphatic carbocycles. The number of ether oxygens (including phenoxy) is 1. The number of hydrogen-bond donors (Lipinski definition) is 1. The Morgan fingerprint density at radius 3 is 2.25 bits per heavy atom. The first-order valence-corrected chi connectivity index (χ1v) is 5.10. The molecule has 1 unspecified atom stereocenters. The van der Waals surface area contributed by atoms with Crippen LogP contribution >= 0.6 is 11.6 Å².